The number of carbonyl (C=O) groups is 2. The molecule has 4 heterocycles. The van der Waals surface area contributed by atoms with Gasteiger partial charge in [0.2, 0.25) is 0 Å². The Morgan fingerprint density at radius 1 is 0.792 bits per heavy atom. The number of likely N-dealkylation sites (N-methyl/N-ethyl adjacent to an activating group) is 1. The highest BCUT2D eigenvalue weighted by Crippen LogP contribution is 2.34. The number of fused-ring (bicyclic) bond motifs is 2. The molecule has 2 aliphatic rings. The molecule has 6 rings (SSSR count). The van der Waals surface area contributed by atoms with Gasteiger partial charge >= 0.3 is 11.9 Å². The Hall–Kier alpha value is -5.00. The van der Waals surface area contributed by atoms with Crippen molar-refractivity contribution in [3.63, 3.8) is 0 Å². The quantitative estimate of drug-likeness (QED) is 0.237. The molecule has 12 heteroatoms. The van der Waals surface area contributed by atoms with Gasteiger partial charge in [0.25, 0.3) is 0 Å². The average Bonchev–Trinajstić information content (AvgIpc) is 3.78. The number of anilines is 2. The Labute approximate surface area is 281 Å². The van der Waals surface area contributed by atoms with Crippen LogP contribution >= 0.6 is 0 Å². The third kappa shape index (κ3) is 7.27. The smallest absolute Gasteiger partial charge is 0.331 e. The lowest BCUT2D eigenvalue weighted by atomic mass is 10.0. The second kappa shape index (κ2) is 14.4. The summed E-state index contributed by atoms with van der Waals surface area (Å²) in [5.41, 5.74) is 4.08. The van der Waals surface area contributed by atoms with Crippen molar-refractivity contribution in [3.8, 4) is 23.0 Å². The van der Waals surface area contributed by atoms with Gasteiger partial charge in [-0.15, -0.1) is 0 Å². The molecule has 0 saturated heterocycles. The Balaban J connectivity index is 0.000000188. The molecule has 0 aromatic carbocycles. The fourth-order valence-corrected chi connectivity index (χ4v) is 5.76. The zero-order chi connectivity index (χ0) is 34.5. The SMILES string of the molecule is CCOC(=O)C(C)(C)Nc1nc(-c2ccccn2)nc2c1CCC2.COC(=O)C(C)(C)N(C)c1nc(-c2ccccn2)nc2c1CCC2. The monoisotopic (exact) mass is 652 g/mol. The van der Waals surface area contributed by atoms with E-state index in [0.29, 0.717) is 24.1 Å². The van der Waals surface area contributed by atoms with E-state index in [2.05, 4.69) is 25.3 Å². The number of nitrogens with one attached hydrogen (secondary N) is 1. The van der Waals surface area contributed by atoms with Crippen LogP contribution in [0.4, 0.5) is 11.6 Å². The summed E-state index contributed by atoms with van der Waals surface area (Å²) in [7, 11) is 3.28. The first-order chi connectivity index (χ1) is 23.0. The van der Waals surface area contributed by atoms with Crippen LogP contribution in [0, 0.1) is 0 Å². The number of esters is 2. The summed E-state index contributed by atoms with van der Waals surface area (Å²) in [5, 5.41) is 3.26. The molecule has 0 bridgehead atoms. The van der Waals surface area contributed by atoms with Crippen molar-refractivity contribution in [2.24, 2.45) is 0 Å². The lowest BCUT2D eigenvalue weighted by Crippen LogP contribution is -2.49. The number of rotatable bonds is 9. The predicted molar refractivity (Wildman–Crippen MR) is 183 cm³/mol. The summed E-state index contributed by atoms with van der Waals surface area (Å²) < 4.78 is 10.1. The van der Waals surface area contributed by atoms with E-state index >= 15 is 0 Å². The molecule has 0 radical (unpaired) electrons. The number of aromatic nitrogens is 6. The van der Waals surface area contributed by atoms with Gasteiger partial charge in [-0.05, 0) is 97.4 Å². The van der Waals surface area contributed by atoms with Crippen LogP contribution in [0.2, 0.25) is 0 Å². The van der Waals surface area contributed by atoms with E-state index in [1.807, 2.05) is 62.2 Å². The van der Waals surface area contributed by atoms with E-state index < -0.39 is 11.1 Å². The molecular weight excluding hydrogens is 608 g/mol. The summed E-state index contributed by atoms with van der Waals surface area (Å²) in [5.74, 6) is 2.08. The lowest BCUT2D eigenvalue weighted by molar-refractivity contribution is -0.147. The summed E-state index contributed by atoms with van der Waals surface area (Å²) >= 11 is 0. The number of aryl methyl sites for hydroxylation is 2. The van der Waals surface area contributed by atoms with Crippen LogP contribution in [-0.2, 0) is 44.7 Å². The van der Waals surface area contributed by atoms with E-state index in [-0.39, 0.29) is 11.9 Å². The highest BCUT2D eigenvalue weighted by molar-refractivity contribution is 5.84. The predicted octanol–water partition coefficient (Wildman–Crippen LogP) is 5.20. The molecule has 0 spiro atoms. The first-order valence-corrected chi connectivity index (χ1v) is 16.4. The van der Waals surface area contributed by atoms with Crippen LogP contribution in [0.25, 0.3) is 23.0 Å². The standard InChI is InChI=1S/2C18H22N4O2/c1-18(2,17(23)24-4)22(3)16-12-8-7-10-13(12)20-15(21-16)14-9-5-6-11-19-14;1-4-24-17(23)18(2,3)22-15-12-8-7-10-13(12)20-16(21-15)14-9-5-6-11-19-14/h5-6,9,11H,7-8,10H2,1-4H3;5-6,9,11H,4,7-8,10H2,1-3H3,(H,20,21,22). The summed E-state index contributed by atoms with van der Waals surface area (Å²) in [6, 6.07) is 11.3. The largest absolute Gasteiger partial charge is 0.467 e. The third-order valence-corrected chi connectivity index (χ3v) is 8.69. The third-order valence-electron chi connectivity index (χ3n) is 8.69. The number of carbonyl (C=O) groups excluding carboxylic acids is 2. The van der Waals surface area contributed by atoms with Crippen LogP contribution < -0.4 is 10.2 Å². The average molecular weight is 653 g/mol. The fourth-order valence-electron chi connectivity index (χ4n) is 5.76. The Morgan fingerprint density at radius 3 is 1.90 bits per heavy atom. The summed E-state index contributed by atoms with van der Waals surface area (Å²) in [4.78, 5) is 53.7. The van der Waals surface area contributed by atoms with E-state index in [4.69, 9.17) is 19.4 Å². The molecule has 0 fully saturated rings. The molecule has 0 unspecified atom stereocenters. The second-order valence-corrected chi connectivity index (χ2v) is 12.8. The van der Waals surface area contributed by atoms with Crippen LogP contribution in [0.3, 0.4) is 0 Å². The number of ether oxygens (including phenoxy) is 2. The lowest BCUT2D eigenvalue weighted by Gasteiger charge is -2.35. The van der Waals surface area contributed by atoms with Gasteiger partial charge < -0.3 is 19.7 Å². The van der Waals surface area contributed by atoms with Crippen molar-refractivity contribution in [2.45, 2.75) is 84.2 Å². The molecule has 0 saturated carbocycles. The van der Waals surface area contributed by atoms with Crippen molar-refractivity contribution < 1.29 is 19.1 Å². The second-order valence-electron chi connectivity index (χ2n) is 12.8. The van der Waals surface area contributed by atoms with Gasteiger partial charge in [-0.3, -0.25) is 9.97 Å². The minimum Gasteiger partial charge on any atom is -0.467 e. The van der Waals surface area contributed by atoms with Gasteiger partial charge in [-0.25, -0.2) is 29.5 Å². The van der Waals surface area contributed by atoms with Crippen molar-refractivity contribution in [3.05, 3.63) is 71.3 Å². The molecule has 252 valence electrons. The van der Waals surface area contributed by atoms with Crippen molar-refractivity contribution in [2.75, 3.05) is 31.0 Å². The van der Waals surface area contributed by atoms with Crippen LogP contribution in [0.15, 0.2) is 48.8 Å². The van der Waals surface area contributed by atoms with Crippen molar-refractivity contribution in [1.29, 1.82) is 0 Å². The van der Waals surface area contributed by atoms with Gasteiger partial charge in [0.1, 0.15) is 34.1 Å². The van der Waals surface area contributed by atoms with Gasteiger partial charge in [0.05, 0.1) is 13.7 Å². The van der Waals surface area contributed by atoms with Gasteiger partial charge in [-0.2, -0.15) is 0 Å². The number of hydrogen-bond donors (Lipinski definition) is 1. The zero-order valence-electron chi connectivity index (χ0n) is 28.8. The normalized spacial score (nSPS) is 13.5. The van der Waals surface area contributed by atoms with E-state index in [1.165, 1.54) is 7.11 Å². The molecule has 0 atom stereocenters. The molecule has 4 aromatic rings. The number of nitrogens with zero attached hydrogens (tertiary/aromatic N) is 7. The van der Waals surface area contributed by atoms with Crippen molar-refractivity contribution >= 4 is 23.6 Å². The first-order valence-electron chi connectivity index (χ1n) is 16.4. The molecule has 1 N–H and O–H groups in total. The summed E-state index contributed by atoms with van der Waals surface area (Å²) in [6.45, 7) is 9.43. The van der Waals surface area contributed by atoms with Gasteiger partial charge in [0, 0.05) is 42.0 Å². The molecule has 0 amide bonds. The Bertz CT molecular complexity index is 1760. The fraction of sp³-hybridized carbons (Fsp3) is 0.444. The van der Waals surface area contributed by atoms with E-state index in [9.17, 15) is 9.59 Å². The molecule has 0 aliphatic heterocycles. The zero-order valence-corrected chi connectivity index (χ0v) is 28.8. The Kier molecular flexibility index (Phi) is 10.3. The molecule has 12 nitrogen and oxygen atoms in total. The van der Waals surface area contributed by atoms with Crippen LogP contribution in [0.5, 0.6) is 0 Å². The number of methoxy groups -OCH3 is 1. The minimum absolute atomic E-state index is 0.297. The van der Waals surface area contributed by atoms with Crippen molar-refractivity contribution in [1.82, 2.24) is 29.9 Å². The molecule has 2 aliphatic carbocycles. The molecule has 4 aromatic heterocycles. The maximum absolute atomic E-state index is 12.2. The van der Waals surface area contributed by atoms with E-state index in [0.717, 1.165) is 78.2 Å². The number of pyridine rings is 2. The highest BCUT2D eigenvalue weighted by Gasteiger charge is 2.37. The Morgan fingerprint density at radius 2 is 1.35 bits per heavy atom. The van der Waals surface area contributed by atoms with Gasteiger partial charge in [-0.1, -0.05) is 12.1 Å². The maximum Gasteiger partial charge on any atom is 0.331 e. The number of hydrogen-bond acceptors (Lipinski definition) is 12. The summed E-state index contributed by atoms with van der Waals surface area (Å²) in [6.07, 6.45) is 9.24. The van der Waals surface area contributed by atoms with Gasteiger partial charge in [0.15, 0.2) is 11.6 Å². The topological polar surface area (TPSA) is 145 Å². The molecule has 48 heavy (non-hydrogen) atoms. The minimum atomic E-state index is -0.859. The van der Waals surface area contributed by atoms with Crippen LogP contribution in [0.1, 0.15) is 70.0 Å². The maximum atomic E-state index is 12.2. The first kappa shape index (κ1) is 34.3. The highest BCUT2D eigenvalue weighted by atomic mass is 16.5. The molecular formula is C36H44N8O4. The van der Waals surface area contributed by atoms with E-state index in [1.54, 1.807) is 33.2 Å². The van der Waals surface area contributed by atoms with Crippen LogP contribution in [-0.4, -0.2) is 73.7 Å².